The van der Waals surface area contributed by atoms with Gasteiger partial charge < -0.3 is 10.4 Å². The van der Waals surface area contributed by atoms with Gasteiger partial charge in [0.1, 0.15) is 5.82 Å². The number of rotatable bonds is 4. The van der Waals surface area contributed by atoms with Gasteiger partial charge in [-0.05, 0) is 12.5 Å². The fourth-order valence-electron chi connectivity index (χ4n) is 0.976. The highest BCUT2D eigenvalue weighted by Crippen LogP contribution is 2.23. The average Bonchev–Trinajstić information content (AvgIpc) is 2.16. The van der Waals surface area contributed by atoms with E-state index in [1.165, 1.54) is 12.3 Å². The first-order chi connectivity index (χ1) is 6.66. The fraction of sp³-hybridized carbons (Fsp3) is 0.333. The molecule has 0 spiro atoms. The minimum atomic E-state index is -1.04. The van der Waals surface area contributed by atoms with Crippen LogP contribution >= 0.6 is 11.6 Å². The molecule has 0 fully saturated rings. The minimum absolute atomic E-state index is 0.0697. The zero-order valence-corrected chi connectivity index (χ0v) is 8.51. The number of carboxylic acids is 1. The average molecular weight is 215 g/mol. The van der Waals surface area contributed by atoms with E-state index in [1.807, 2.05) is 6.92 Å². The number of aromatic nitrogens is 1. The fourth-order valence-corrected chi connectivity index (χ4v) is 1.23. The maximum absolute atomic E-state index is 10.7. The van der Waals surface area contributed by atoms with Crippen LogP contribution in [-0.2, 0) is 0 Å². The second kappa shape index (κ2) is 4.81. The highest BCUT2D eigenvalue weighted by atomic mass is 35.5. The molecule has 1 rings (SSSR count). The Morgan fingerprint density at radius 3 is 3.00 bits per heavy atom. The number of nitrogens with one attached hydrogen (secondary N) is 1. The van der Waals surface area contributed by atoms with Gasteiger partial charge in [-0.15, -0.1) is 0 Å². The molecule has 0 radical (unpaired) electrons. The number of hydrogen-bond acceptors (Lipinski definition) is 3. The van der Waals surface area contributed by atoms with E-state index in [0.29, 0.717) is 5.82 Å². The Labute approximate surface area is 86.9 Å². The van der Waals surface area contributed by atoms with E-state index >= 15 is 0 Å². The number of aromatic carboxylic acids is 1. The molecule has 0 unspecified atom stereocenters. The van der Waals surface area contributed by atoms with Gasteiger partial charge in [0, 0.05) is 12.7 Å². The molecule has 0 aliphatic heterocycles. The van der Waals surface area contributed by atoms with E-state index in [9.17, 15) is 4.79 Å². The summed E-state index contributed by atoms with van der Waals surface area (Å²) < 4.78 is 0. The van der Waals surface area contributed by atoms with Gasteiger partial charge in [0.25, 0.3) is 0 Å². The molecule has 0 saturated heterocycles. The van der Waals surface area contributed by atoms with Crippen molar-refractivity contribution in [3.63, 3.8) is 0 Å². The van der Waals surface area contributed by atoms with Gasteiger partial charge in [0.15, 0.2) is 0 Å². The van der Waals surface area contributed by atoms with Crippen LogP contribution in [0.5, 0.6) is 0 Å². The van der Waals surface area contributed by atoms with Crippen LogP contribution in [0.15, 0.2) is 12.3 Å². The molecular weight excluding hydrogens is 204 g/mol. The van der Waals surface area contributed by atoms with Gasteiger partial charge in [-0.25, -0.2) is 9.78 Å². The lowest BCUT2D eigenvalue weighted by Crippen LogP contribution is -2.06. The van der Waals surface area contributed by atoms with Gasteiger partial charge in [-0.2, -0.15) is 0 Å². The van der Waals surface area contributed by atoms with Crippen molar-refractivity contribution in [2.75, 3.05) is 11.9 Å². The van der Waals surface area contributed by atoms with Crippen molar-refractivity contribution >= 4 is 23.4 Å². The van der Waals surface area contributed by atoms with Crippen molar-refractivity contribution in [2.45, 2.75) is 13.3 Å². The highest BCUT2D eigenvalue weighted by molar-refractivity contribution is 6.35. The first-order valence-corrected chi connectivity index (χ1v) is 4.66. The Morgan fingerprint density at radius 1 is 1.71 bits per heavy atom. The monoisotopic (exact) mass is 214 g/mol. The minimum Gasteiger partial charge on any atom is -0.478 e. The molecule has 1 aromatic heterocycles. The molecule has 4 nitrogen and oxygen atoms in total. The first kappa shape index (κ1) is 10.8. The lowest BCUT2D eigenvalue weighted by molar-refractivity contribution is 0.0697. The number of anilines is 1. The van der Waals surface area contributed by atoms with Gasteiger partial charge >= 0.3 is 5.97 Å². The Balaban J connectivity index is 2.95. The maximum atomic E-state index is 10.7. The predicted molar refractivity (Wildman–Crippen MR) is 55.0 cm³/mol. The molecule has 0 amide bonds. The Hall–Kier alpha value is -1.29. The van der Waals surface area contributed by atoms with Gasteiger partial charge in [0.2, 0.25) is 0 Å². The third kappa shape index (κ3) is 2.35. The van der Waals surface area contributed by atoms with Gasteiger partial charge in [-0.1, -0.05) is 18.5 Å². The molecule has 1 heterocycles. The van der Waals surface area contributed by atoms with E-state index in [4.69, 9.17) is 16.7 Å². The zero-order valence-electron chi connectivity index (χ0n) is 7.75. The molecular formula is C9H11ClN2O2. The van der Waals surface area contributed by atoms with Crippen LogP contribution < -0.4 is 5.32 Å². The van der Waals surface area contributed by atoms with Crippen molar-refractivity contribution in [1.82, 2.24) is 4.98 Å². The van der Waals surface area contributed by atoms with Gasteiger partial charge in [-0.3, -0.25) is 0 Å². The van der Waals surface area contributed by atoms with E-state index in [0.717, 1.165) is 13.0 Å². The molecule has 0 bridgehead atoms. The van der Waals surface area contributed by atoms with Crippen LogP contribution in [0.1, 0.15) is 23.7 Å². The van der Waals surface area contributed by atoms with Crippen molar-refractivity contribution in [3.8, 4) is 0 Å². The van der Waals surface area contributed by atoms with Crippen LogP contribution in [0.3, 0.4) is 0 Å². The molecule has 5 heteroatoms. The van der Waals surface area contributed by atoms with Gasteiger partial charge in [0.05, 0.1) is 10.6 Å². The molecule has 0 aliphatic carbocycles. The second-order valence-corrected chi connectivity index (χ2v) is 3.13. The molecule has 1 aromatic rings. The number of carboxylic acid groups (broad SMARTS) is 1. The smallest absolute Gasteiger partial charge is 0.337 e. The Kier molecular flexibility index (Phi) is 3.71. The van der Waals surface area contributed by atoms with E-state index in [2.05, 4.69) is 10.3 Å². The van der Waals surface area contributed by atoms with E-state index in [-0.39, 0.29) is 10.6 Å². The lowest BCUT2D eigenvalue weighted by Gasteiger charge is -2.07. The number of nitrogens with zero attached hydrogens (tertiary/aromatic N) is 1. The van der Waals surface area contributed by atoms with Crippen LogP contribution in [0.2, 0.25) is 5.02 Å². The predicted octanol–water partition coefficient (Wildman–Crippen LogP) is 2.26. The summed E-state index contributed by atoms with van der Waals surface area (Å²) in [5.41, 5.74) is 0.0697. The van der Waals surface area contributed by atoms with Crippen molar-refractivity contribution in [3.05, 3.63) is 22.8 Å². The summed E-state index contributed by atoms with van der Waals surface area (Å²) in [5.74, 6) is -0.620. The lowest BCUT2D eigenvalue weighted by atomic mass is 10.2. The number of pyridine rings is 1. The molecule has 2 N–H and O–H groups in total. The van der Waals surface area contributed by atoms with Crippen LogP contribution in [0, 0.1) is 0 Å². The summed E-state index contributed by atoms with van der Waals surface area (Å²) in [6.45, 7) is 2.72. The Morgan fingerprint density at radius 2 is 2.43 bits per heavy atom. The highest BCUT2D eigenvalue weighted by Gasteiger charge is 2.12. The third-order valence-electron chi connectivity index (χ3n) is 1.66. The van der Waals surface area contributed by atoms with Crippen LogP contribution in [-0.4, -0.2) is 22.6 Å². The first-order valence-electron chi connectivity index (χ1n) is 4.28. The van der Waals surface area contributed by atoms with E-state index in [1.54, 1.807) is 0 Å². The molecule has 14 heavy (non-hydrogen) atoms. The number of halogens is 1. The topological polar surface area (TPSA) is 62.2 Å². The number of hydrogen-bond donors (Lipinski definition) is 2. The summed E-state index contributed by atoms with van der Waals surface area (Å²) >= 11 is 5.83. The Bertz CT molecular complexity index is 342. The van der Waals surface area contributed by atoms with Crippen LogP contribution in [0.4, 0.5) is 5.82 Å². The summed E-state index contributed by atoms with van der Waals surface area (Å²) in [6, 6.07) is 1.38. The SMILES string of the molecule is CCCNc1nccc(C(=O)O)c1Cl. The van der Waals surface area contributed by atoms with Crippen molar-refractivity contribution in [2.24, 2.45) is 0 Å². The van der Waals surface area contributed by atoms with Crippen molar-refractivity contribution < 1.29 is 9.90 Å². The molecule has 76 valence electrons. The third-order valence-corrected chi connectivity index (χ3v) is 2.04. The largest absolute Gasteiger partial charge is 0.478 e. The summed E-state index contributed by atoms with van der Waals surface area (Å²) in [7, 11) is 0. The molecule has 0 saturated carbocycles. The maximum Gasteiger partial charge on any atom is 0.337 e. The van der Waals surface area contributed by atoms with Crippen molar-refractivity contribution in [1.29, 1.82) is 0 Å². The summed E-state index contributed by atoms with van der Waals surface area (Å²) in [5, 5.41) is 11.9. The normalized spacial score (nSPS) is 9.86. The number of carbonyl (C=O) groups is 1. The van der Waals surface area contributed by atoms with E-state index < -0.39 is 5.97 Å². The second-order valence-electron chi connectivity index (χ2n) is 2.75. The summed E-state index contributed by atoms with van der Waals surface area (Å²) in [6.07, 6.45) is 2.35. The zero-order chi connectivity index (χ0) is 10.6. The van der Waals surface area contributed by atoms with Crippen LogP contribution in [0.25, 0.3) is 0 Å². The standard InChI is InChI=1S/C9H11ClN2O2/c1-2-4-11-8-7(10)6(9(13)14)3-5-12-8/h3,5H,2,4H2,1H3,(H,11,12)(H,13,14). The quantitative estimate of drug-likeness (QED) is 0.807. The molecule has 0 aliphatic rings. The molecule has 0 atom stereocenters. The molecule has 0 aromatic carbocycles. The summed E-state index contributed by atoms with van der Waals surface area (Å²) in [4.78, 5) is 14.7.